The molecule has 0 bridgehead atoms. The Kier molecular flexibility index (Phi) is 22.4. The third-order valence-corrected chi connectivity index (χ3v) is 14.8. The molecule has 28 heteroatoms. The molecule has 0 unspecified atom stereocenters. The molecule has 3 aliphatic heterocycles. The van der Waals surface area contributed by atoms with E-state index in [0.717, 1.165) is 48.3 Å². The van der Waals surface area contributed by atoms with E-state index in [0.29, 0.717) is 82.0 Å². The predicted molar refractivity (Wildman–Crippen MR) is 339 cm³/mol. The van der Waals surface area contributed by atoms with Gasteiger partial charge in [-0.25, -0.2) is 38.9 Å². The molecule has 4 aromatic heterocycles. The third kappa shape index (κ3) is 16.9. The highest BCUT2D eigenvalue weighted by Crippen LogP contribution is 2.38. The number of nitrogens with two attached hydrogens (primary N) is 1. The second-order valence-corrected chi connectivity index (χ2v) is 22.0. The van der Waals surface area contributed by atoms with Crippen molar-refractivity contribution in [2.45, 2.75) is 78.3 Å². The number of hydrogen-bond donors (Lipinski definition) is 2. The molecule has 8 aromatic rings. The molecule has 488 valence electrons. The average Bonchev–Trinajstić information content (AvgIpc) is 1.61. The first-order chi connectivity index (χ1) is 45.4. The first kappa shape index (κ1) is 66.8. The van der Waals surface area contributed by atoms with Crippen molar-refractivity contribution in [3.63, 3.8) is 0 Å². The number of aromatic nitrogens is 8. The zero-order chi connectivity index (χ0) is 66.8. The minimum atomic E-state index is -1.28. The highest BCUT2D eigenvalue weighted by molar-refractivity contribution is 6.04. The molecule has 2 atom stereocenters. The lowest BCUT2D eigenvalue weighted by Crippen LogP contribution is -2.40. The van der Waals surface area contributed by atoms with Gasteiger partial charge in [-0.15, -0.1) is 0 Å². The standard InChI is InChI=1S/C31H32N6O6.C25H24N6O2.C10H13NO7/c1-4-25(38)36-16-8-9-22(17-36)37-29-26(28(32-18-33-29)34-31(40)42-19-41-30(39)20(2)3)27(35-37)21-12-14-24(15-13-21)43-23-10-6-5-7-11-23;1-2-21(32)30-14-6-7-18(15-30)31-25-22(24(26)27-16-28-25)23(29-31)17-10-12-20(13-11-17)33-19-8-4-3-5-9-19;1-6(2)9(14)16-5-17-10(15)18-11-7(12)3-4-8(11)13/h4-7,10-15,18,20,22H,1,8-9,16-17,19H2,2-3H3,(H,32,33,34,40);2-5,8-13,16,18H,1,6-7,14-15H2,(H2,26,27,28);6H,3-5H2,1-2H3/t22-;18-;/m11./s1. The lowest BCUT2D eigenvalue weighted by Gasteiger charge is -2.32. The summed E-state index contributed by atoms with van der Waals surface area (Å²) in [5, 5.41) is 14.0. The SMILES string of the molecule is C=CC(=O)N1CCC[C@@H](n2nc(-c3ccc(Oc4ccccc4)cc3)c3c(N)ncnc32)C1.C=CC(=O)N1CCC[C@@H](n2nc(-c3ccc(Oc4ccccc4)cc3)c3c(NC(=O)OCOC(=O)C(C)C)ncnc32)C1.CC(C)C(=O)OCOC(=O)ON1C(=O)CCC1=O. The number of nitrogens with one attached hydrogen (secondary N) is 1. The van der Waals surface area contributed by atoms with E-state index in [9.17, 15) is 38.4 Å². The number of ether oxygens (including phenoxy) is 6. The van der Waals surface area contributed by atoms with Gasteiger partial charge in [0.1, 0.15) is 52.9 Å². The van der Waals surface area contributed by atoms with Gasteiger partial charge in [0, 0.05) is 50.1 Å². The molecule has 0 spiro atoms. The van der Waals surface area contributed by atoms with Crippen molar-refractivity contribution in [2.24, 2.45) is 11.8 Å². The van der Waals surface area contributed by atoms with Gasteiger partial charge >= 0.3 is 24.2 Å². The molecule has 3 saturated heterocycles. The van der Waals surface area contributed by atoms with Crippen molar-refractivity contribution >= 4 is 81.5 Å². The molecule has 0 saturated carbocycles. The van der Waals surface area contributed by atoms with Gasteiger partial charge in [0.2, 0.25) is 25.4 Å². The molecular formula is C66H69N13O15. The number of benzene rings is 4. The molecule has 5 amide bonds. The highest BCUT2D eigenvalue weighted by Gasteiger charge is 2.34. The zero-order valence-corrected chi connectivity index (χ0v) is 52.0. The van der Waals surface area contributed by atoms with Crippen LogP contribution < -0.4 is 20.5 Å². The minimum Gasteiger partial charge on any atom is -0.457 e. The van der Waals surface area contributed by atoms with E-state index < -0.39 is 49.6 Å². The number of fused-ring (bicyclic) bond motifs is 2. The van der Waals surface area contributed by atoms with Crippen molar-refractivity contribution in [1.82, 2.24) is 54.4 Å². The zero-order valence-electron chi connectivity index (χ0n) is 52.0. The number of esters is 2. The van der Waals surface area contributed by atoms with Crippen LogP contribution in [0.25, 0.3) is 44.6 Å². The predicted octanol–water partition coefficient (Wildman–Crippen LogP) is 9.92. The molecule has 11 rings (SSSR count). The number of anilines is 2. The Labute approximate surface area is 539 Å². The summed E-state index contributed by atoms with van der Waals surface area (Å²) in [6.07, 6.45) is 6.62. The van der Waals surface area contributed by atoms with Crippen LogP contribution in [0.4, 0.5) is 21.2 Å². The maximum Gasteiger partial charge on any atom is 0.536 e. The van der Waals surface area contributed by atoms with E-state index in [1.165, 1.54) is 24.8 Å². The molecular weight excluding hydrogens is 1210 g/mol. The lowest BCUT2D eigenvalue weighted by atomic mass is 10.1. The van der Waals surface area contributed by atoms with Crippen LogP contribution in [0.5, 0.6) is 23.0 Å². The van der Waals surface area contributed by atoms with Crippen molar-refractivity contribution in [2.75, 3.05) is 50.8 Å². The quantitative estimate of drug-likeness (QED) is 0.0349. The number of nitrogen functional groups attached to an aromatic ring is 1. The number of nitrogens with zero attached hydrogens (tertiary/aromatic N) is 11. The number of carbonyl (C=O) groups is 8. The normalized spacial score (nSPS) is 15.2. The summed E-state index contributed by atoms with van der Waals surface area (Å²) in [6, 6.07) is 34.0. The van der Waals surface area contributed by atoms with Crippen molar-refractivity contribution in [1.29, 1.82) is 0 Å². The molecule has 0 radical (unpaired) electrons. The lowest BCUT2D eigenvalue weighted by molar-refractivity contribution is -0.183. The Morgan fingerprint density at radius 3 is 1.48 bits per heavy atom. The van der Waals surface area contributed by atoms with Gasteiger partial charge < -0.3 is 44.0 Å². The molecule has 94 heavy (non-hydrogen) atoms. The van der Waals surface area contributed by atoms with Crippen LogP contribution in [0.15, 0.2) is 147 Å². The van der Waals surface area contributed by atoms with Crippen molar-refractivity contribution in [3.05, 3.63) is 147 Å². The van der Waals surface area contributed by atoms with Crippen LogP contribution in [-0.2, 0) is 52.6 Å². The maximum absolute atomic E-state index is 12.7. The van der Waals surface area contributed by atoms with E-state index in [2.05, 4.69) is 52.7 Å². The van der Waals surface area contributed by atoms with E-state index in [-0.39, 0.29) is 54.4 Å². The van der Waals surface area contributed by atoms with Crippen molar-refractivity contribution < 1.29 is 71.6 Å². The summed E-state index contributed by atoms with van der Waals surface area (Å²) in [5.74, 6) is 0.198. The molecule has 0 aliphatic carbocycles. The molecule has 3 N–H and O–H groups in total. The second-order valence-electron chi connectivity index (χ2n) is 22.0. The smallest absolute Gasteiger partial charge is 0.457 e. The third-order valence-electron chi connectivity index (χ3n) is 14.8. The van der Waals surface area contributed by atoms with Crippen molar-refractivity contribution in [3.8, 4) is 45.5 Å². The van der Waals surface area contributed by atoms with Crippen LogP contribution >= 0.6 is 0 Å². The Bertz CT molecular complexity index is 4030. The van der Waals surface area contributed by atoms with Crippen LogP contribution in [0.1, 0.15) is 78.3 Å². The fourth-order valence-corrected chi connectivity index (χ4v) is 10.1. The van der Waals surface area contributed by atoms with Gasteiger partial charge in [-0.2, -0.15) is 10.2 Å². The van der Waals surface area contributed by atoms with Gasteiger partial charge in [-0.1, -0.05) is 82.3 Å². The largest absolute Gasteiger partial charge is 0.536 e. The summed E-state index contributed by atoms with van der Waals surface area (Å²) in [7, 11) is 0. The van der Waals surface area contributed by atoms with Gasteiger partial charge in [0.25, 0.3) is 11.8 Å². The fraction of sp³-hybridized carbons (Fsp3) is 0.303. The van der Waals surface area contributed by atoms with Crippen LogP contribution in [-0.4, -0.2) is 142 Å². The summed E-state index contributed by atoms with van der Waals surface area (Å²) in [4.78, 5) is 119. The van der Waals surface area contributed by atoms with E-state index in [1.807, 2.05) is 114 Å². The summed E-state index contributed by atoms with van der Waals surface area (Å²) >= 11 is 0. The van der Waals surface area contributed by atoms with Gasteiger partial charge in [-0.3, -0.25) is 38.9 Å². The van der Waals surface area contributed by atoms with Gasteiger partial charge in [0.05, 0.1) is 34.7 Å². The molecule has 28 nitrogen and oxygen atoms in total. The number of para-hydroxylation sites is 2. The number of piperidine rings is 2. The highest BCUT2D eigenvalue weighted by atomic mass is 16.9. The number of imide groups is 1. The second kappa shape index (κ2) is 31.4. The molecule has 4 aromatic carbocycles. The number of carbonyl (C=O) groups excluding carboxylic acids is 8. The number of likely N-dealkylation sites (tertiary alicyclic amines) is 2. The molecule has 7 heterocycles. The minimum absolute atomic E-state index is 0.00551. The van der Waals surface area contributed by atoms with Crippen LogP contribution in [0, 0.1) is 11.8 Å². The fourth-order valence-electron chi connectivity index (χ4n) is 10.1. The number of amides is 5. The Balaban J connectivity index is 0.000000180. The maximum atomic E-state index is 12.7. The van der Waals surface area contributed by atoms with E-state index >= 15 is 0 Å². The summed E-state index contributed by atoms with van der Waals surface area (Å²) in [6.45, 7) is 15.0. The first-order valence-corrected chi connectivity index (χ1v) is 30.1. The Morgan fingerprint density at radius 1 is 0.574 bits per heavy atom. The average molecular weight is 1280 g/mol. The summed E-state index contributed by atoms with van der Waals surface area (Å²) < 4.78 is 34.4. The number of rotatable bonds is 18. The van der Waals surface area contributed by atoms with Gasteiger partial charge in [-0.05, 0) is 111 Å². The molecule has 3 aliphatic rings. The van der Waals surface area contributed by atoms with Gasteiger partial charge in [0.15, 0.2) is 17.1 Å². The summed E-state index contributed by atoms with van der Waals surface area (Å²) in [5.41, 5.74) is 10.3. The monoisotopic (exact) mass is 1280 g/mol. The van der Waals surface area contributed by atoms with Crippen LogP contribution in [0.2, 0.25) is 0 Å². The Hall–Kier alpha value is -11.6. The van der Waals surface area contributed by atoms with Crippen LogP contribution in [0.3, 0.4) is 0 Å². The first-order valence-electron chi connectivity index (χ1n) is 30.1. The van der Waals surface area contributed by atoms with E-state index in [4.69, 9.17) is 34.9 Å². The topological polar surface area (TPSA) is 336 Å². The number of hydroxylamine groups is 2. The van der Waals surface area contributed by atoms with E-state index in [1.54, 1.807) is 42.2 Å². The molecule has 3 fully saturated rings. The Morgan fingerprint density at radius 2 is 1.01 bits per heavy atom. The number of hydrogen-bond acceptors (Lipinski definition) is 22.